The Balaban J connectivity index is 1.61. The third-order valence-corrected chi connectivity index (χ3v) is 3.33. The molecule has 1 aromatic heterocycles. The van der Waals surface area contributed by atoms with Gasteiger partial charge in [0.2, 0.25) is 0 Å². The third-order valence-electron chi connectivity index (χ3n) is 3.33. The van der Waals surface area contributed by atoms with E-state index in [2.05, 4.69) is 39.8 Å². The van der Waals surface area contributed by atoms with Crippen molar-refractivity contribution in [1.29, 1.82) is 0 Å². The van der Waals surface area contributed by atoms with Crippen LogP contribution in [-0.4, -0.2) is 35.2 Å². The number of aromatic nitrogens is 2. The van der Waals surface area contributed by atoms with Gasteiger partial charge in [0.1, 0.15) is 0 Å². The molecule has 5 nitrogen and oxygen atoms in total. The zero-order valence-corrected chi connectivity index (χ0v) is 11.7. The maximum atomic E-state index is 5.63. The first-order valence-electron chi connectivity index (χ1n) is 6.77. The number of ether oxygens (including phenoxy) is 2. The van der Waals surface area contributed by atoms with Crippen LogP contribution in [0.1, 0.15) is 13.8 Å². The molecule has 1 fully saturated rings. The van der Waals surface area contributed by atoms with Crippen LogP contribution >= 0.6 is 0 Å². The summed E-state index contributed by atoms with van der Waals surface area (Å²) in [6.07, 6.45) is 1.75. The molecule has 0 atom stereocenters. The Morgan fingerprint density at radius 3 is 2.45 bits per heavy atom. The van der Waals surface area contributed by atoms with E-state index in [0.29, 0.717) is 13.2 Å². The zero-order valence-electron chi connectivity index (χ0n) is 11.7. The molecule has 0 amide bonds. The Labute approximate surface area is 118 Å². The lowest BCUT2D eigenvalue weighted by molar-refractivity contribution is -0.247. The highest BCUT2D eigenvalue weighted by molar-refractivity contribution is 5.62. The first kappa shape index (κ1) is 13.1. The number of benzene rings is 1. The Morgan fingerprint density at radius 2 is 1.85 bits per heavy atom. The first-order chi connectivity index (χ1) is 9.62. The van der Waals surface area contributed by atoms with Crippen LogP contribution in [-0.2, 0) is 9.47 Å². The van der Waals surface area contributed by atoms with Crippen LogP contribution in [0.5, 0.6) is 0 Å². The van der Waals surface area contributed by atoms with E-state index in [1.807, 2.05) is 19.9 Å². The highest BCUT2D eigenvalue weighted by atomic mass is 16.7. The molecule has 5 heteroatoms. The predicted octanol–water partition coefficient (Wildman–Crippen LogP) is 2.64. The van der Waals surface area contributed by atoms with Gasteiger partial charge in [-0.15, -0.1) is 0 Å². The number of rotatable bonds is 3. The zero-order chi connectivity index (χ0) is 14.0. The van der Waals surface area contributed by atoms with Crippen LogP contribution < -0.4 is 5.32 Å². The average Bonchev–Trinajstić information content (AvgIpc) is 2.96. The molecule has 0 saturated carbocycles. The molecule has 1 saturated heterocycles. The maximum absolute atomic E-state index is 5.63. The molecule has 106 valence electrons. The van der Waals surface area contributed by atoms with E-state index in [1.165, 1.54) is 0 Å². The SMILES string of the molecule is CC1(C)OCC(Nc2ccc(-c3ccn[nH]3)cc2)CO1. The molecule has 2 aromatic rings. The molecule has 1 aromatic carbocycles. The summed E-state index contributed by atoms with van der Waals surface area (Å²) in [5.41, 5.74) is 3.19. The van der Waals surface area contributed by atoms with Crippen molar-refractivity contribution in [2.24, 2.45) is 0 Å². The molecular weight excluding hydrogens is 254 g/mol. The summed E-state index contributed by atoms with van der Waals surface area (Å²) in [5.74, 6) is -0.470. The third kappa shape index (κ3) is 3.00. The van der Waals surface area contributed by atoms with Crippen molar-refractivity contribution in [3.8, 4) is 11.3 Å². The maximum Gasteiger partial charge on any atom is 0.162 e. The van der Waals surface area contributed by atoms with E-state index >= 15 is 0 Å². The topological polar surface area (TPSA) is 59.2 Å². The van der Waals surface area contributed by atoms with Crippen LogP contribution in [0.4, 0.5) is 5.69 Å². The van der Waals surface area contributed by atoms with Crippen LogP contribution in [0.3, 0.4) is 0 Å². The van der Waals surface area contributed by atoms with Crippen molar-refractivity contribution in [3.63, 3.8) is 0 Å². The Kier molecular flexibility index (Phi) is 3.46. The molecule has 0 aliphatic carbocycles. The molecular formula is C15H19N3O2. The molecule has 20 heavy (non-hydrogen) atoms. The fourth-order valence-electron chi connectivity index (χ4n) is 2.17. The fraction of sp³-hybridized carbons (Fsp3) is 0.400. The Bertz CT molecular complexity index is 539. The van der Waals surface area contributed by atoms with Crippen LogP contribution in [0.25, 0.3) is 11.3 Å². The van der Waals surface area contributed by atoms with Crippen molar-refractivity contribution >= 4 is 5.69 Å². The second kappa shape index (κ2) is 5.26. The summed E-state index contributed by atoms with van der Waals surface area (Å²) in [4.78, 5) is 0. The molecule has 0 radical (unpaired) electrons. The number of nitrogens with zero attached hydrogens (tertiary/aromatic N) is 1. The van der Waals surface area contributed by atoms with Gasteiger partial charge in [-0.05, 0) is 37.6 Å². The summed E-state index contributed by atoms with van der Waals surface area (Å²) in [7, 11) is 0. The summed E-state index contributed by atoms with van der Waals surface area (Å²) < 4.78 is 11.3. The van der Waals surface area contributed by atoms with E-state index in [1.54, 1.807) is 6.20 Å². The van der Waals surface area contributed by atoms with Gasteiger partial charge in [0.15, 0.2) is 5.79 Å². The van der Waals surface area contributed by atoms with Crippen molar-refractivity contribution in [3.05, 3.63) is 36.5 Å². The van der Waals surface area contributed by atoms with Crippen molar-refractivity contribution in [1.82, 2.24) is 10.2 Å². The van der Waals surface area contributed by atoms with Crippen molar-refractivity contribution in [2.75, 3.05) is 18.5 Å². The minimum absolute atomic E-state index is 0.182. The lowest BCUT2D eigenvalue weighted by Gasteiger charge is -2.35. The Hall–Kier alpha value is -1.85. The average molecular weight is 273 g/mol. The number of H-pyrrole nitrogens is 1. The molecule has 2 heterocycles. The van der Waals surface area contributed by atoms with Gasteiger partial charge < -0.3 is 14.8 Å². The smallest absolute Gasteiger partial charge is 0.162 e. The van der Waals surface area contributed by atoms with E-state index < -0.39 is 5.79 Å². The van der Waals surface area contributed by atoms with Gasteiger partial charge in [-0.1, -0.05) is 12.1 Å². The van der Waals surface area contributed by atoms with Gasteiger partial charge in [-0.2, -0.15) is 5.10 Å². The molecule has 0 bridgehead atoms. The van der Waals surface area contributed by atoms with Gasteiger partial charge in [0.05, 0.1) is 24.9 Å². The lowest BCUT2D eigenvalue weighted by atomic mass is 10.1. The van der Waals surface area contributed by atoms with Gasteiger partial charge in [0, 0.05) is 11.9 Å². The number of nitrogens with one attached hydrogen (secondary N) is 2. The van der Waals surface area contributed by atoms with E-state index in [-0.39, 0.29) is 6.04 Å². The second-order valence-electron chi connectivity index (χ2n) is 5.41. The first-order valence-corrected chi connectivity index (χ1v) is 6.77. The minimum atomic E-state index is -0.470. The van der Waals surface area contributed by atoms with Gasteiger partial charge in [-0.3, -0.25) is 5.10 Å². The molecule has 0 unspecified atom stereocenters. The Morgan fingerprint density at radius 1 is 1.15 bits per heavy atom. The summed E-state index contributed by atoms with van der Waals surface area (Å²) in [6, 6.07) is 10.4. The number of hydrogen-bond acceptors (Lipinski definition) is 4. The second-order valence-corrected chi connectivity index (χ2v) is 5.41. The number of aromatic amines is 1. The summed E-state index contributed by atoms with van der Waals surface area (Å²) >= 11 is 0. The predicted molar refractivity (Wildman–Crippen MR) is 77.4 cm³/mol. The molecule has 2 N–H and O–H groups in total. The van der Waals surface area contributed by atoms with E-state index in [4.69, 9.17) is 9.47 Å². The largest absolute Gasteiger partial charge is 0.378 e. The lowest BCUT2D eigenvalue weighted by Crippen LogP contribution is -2.45. The van der Waals surface area contributed by atoms with Gasteiger partial charge >= 0.3 is 0 Å². The standard InChI is InChI=1S/C15H19N3O2/c1-15(2)19-9-13(10-20-15)17-12-5-3-11(4-6-12)14-7-8-16-18-14/h3-8,13,17H,9-10H2,1-2H3,(H,16,18). The normalized spacial score (nSPS) is 18.9. The van der Waals surface area contributed by atoms with Crippen LogP contribution in [0.2, 0.25) is 0 Å². The van der Waals surface area contributed by atoms with Crippen LogP contribution in [0, 0.1) is 0 Å². The number of hydrogen-bond donors (Lipinski definition) is 2. The fourth-order valence-corrected chi connectivity index (χ4v) is 2.17. The van der Waals surface area contributed by atoms with Gasteiger partial charge in [-0.25, -0.2) is 0 Å². The van der Waals surface area contributed by atoms with Crippen molar-refractivity contribution in [2.45, 2.75) is 25.7 Å². The van der Waals surface area contributed by atoms with Crippen LogP contribution in [0.15, 0.2) is 36.5 Å². The minimum Gasteiger partial charge on any atom is -0.378 e. The summed E-state index contributed by atoms with van der Waals surface area (Å²) in [6.45, 7) is 5.16. The van der Waals surface area contributed by atoms with Gasteiger partial charge in [0.25, 0.3) is 0 Å². The quantitative estimate of drug-likeness (QED) is 0.902. The molecule has 1 aliphatic rings. The molecule has 0 spiro atoms. The molecule has 1 aliphatic heterocycles. The molecule has 3 rings (SSSR count). The van der Waals surface area contributed by atoms with E-state index in [9.17, 15) is 0 Å². The highest BCUT2D eigenvalue weighted by Gasteiger charge is 2.28. The van der Waals surface area contributed by atoms with Crippen molar-refractivity contribution < 1.29 is 9.47 Å². The summed E-state index contributed by atoms with van der Waals surface area (Å²) in [5, 5.41) is 10.3. The monoisotopic (exact) mass is 273 g/mol. The van der Waals surface area contributed by atoms with E-state index in [0.717, 1.165) is 16.9 Å². The highest BCUT2D eigenvalue weighted by Crippen LogP contribution is 2.22. The number of anilines is 1.